The number of nitrogen functional groups attached to an aromatic ring is 2. The lowest BCUT2D eigenvalue weighted by molar-refractivity contribution is 0.473. The molecule has 4 nitrogen and oxygen atoms in total. The first-order chi connectivity index (χ1) is 5.11. The van der Waals surface area contributed by atoms with Crippen molar-refractivity contribution in [1.82, 2.24) is 0 Å². The van der Waals surface area contributed by atoms with E-state index in [1.165, 1.54) is 18.2 Å². The quantitative estimate of drug-likeness (QED) is 0.485. The van der Waals surface area contributed by atoms with Crippen LogP contribution in [0, 0.1) is 0 Å². The van der Waals surface area contributed by atoms with Gasteiger partial charge in [0, 0.05) is 5.69 Å². The summed E-state index contributed by atoms with van der Waals surface area (Å²) < 4.78 is 0. The van der Waals surface area contributed by atoms with Crippen LogP contribution in [0.15, 0.2) is 23.0 Å². The lowest BCUT2D eigenvalue weighted by Crippen LogP contribution is -1.96. The first-order valence-electron chi connectivity index (χ1n) is 2.99. The van der Waals surface area contributed by atoms with Crippen LogP contribution in [0.2, 0.25) is 0 Å². The summed E-state index contributed by atoms with van der Waals surface area (Å²) in [7, 11) is 0. The van der Waals surface area contributed by atoms with Gasteiger partial charge >= 0.3 is 0 Å². The second-order valence-electron chi connectivity index (χ2n) is 2.15. The van der Waals surface area contributed by atoms with Gasteiger partial charge in [-0.3, -0.25) is 4.79 Å². The molecule has 1 rings (SSSR count). The second-order valence-corrected chi connectivity index (χ2v) is 2.15. The Morgan fingerprint density at radius 2 is 1.91 bits per heavy atom. The molecule has 1 aromatic rings. The third-order valence-corrected chi connectivity index (χ3v) is 1.26. The van der Waals surface area contributed by atoms with E-state index in [0.717, 1.165) is 0 Å². The average molecular weight is 152 g/mol. The van der Waals surface area contributed by atoms with E-state index in [0.29, 0.717) is 5.69 Å². The normalized spacial score (nSPS) is 9.45. The van der Waals surface area contributed by atoms with Gasteiger partial charge in [0.1, 0.15) is 0 Å². The van der Waals surface area contributed by atoms with Gasteiger partial charge in [-0.2, -0.15) is 0 Å². The first kappa shape index (κ1) is 7.40. The Kier molecular flexibility index (Phi) is 1.68. The Bertz CT molecular complexity index is 336. The molecule has 0 heterocycles. The van der Waals surface area contributed by atoms with Gasteiger partial charge in [0.2, 0.25) is 5.43 Å². The molecule has 0 aliphatic carbocycles. The molecule has 0 fully saturated rings. The van der Waals surface area contributed by atoms with Gasteiger partial charge in [0.25, 0.3) is 0 Å². The zero-order valence-corrected chi connectivity index (χ0v) is 5.74. The molecule has 58 valence electrons. The van der Waals surface area contributed by atoms with E-state index in [4.69, 9.17) is 16.6 Å². The largest absolute Gasteiger partial charge is 0.503 e. The van der Waals surface area contributed by atoms with Crippen molar-refractivity contribution >= 4 is 11.4 Å². The van der Waals surface area contributed by atoms with E-state index in [1.54, 1.807) is 0 Å². The van der Waals surface area contributed by atoms with Crippen molar-refractivity contribution < 1.29 is 5.11 Å². The van der Waals surface area contributed by atoms with E-state index in [2.05, 4.69) is 0 Å². The average Bonchev–Trinajstić information content (AvgIpc) is 2.05. The topological polar surface area (TPSA) is 89.3 Å². The predicted octanol–water partition coefficient (Wildman–Crippen LogP) is -0.0832. The Morgan fingerprint density at radius 1 is 1.27 bits per heavy atom. The van der Waals surface area contributed by atoms with Crippen LogP contribution in [0.1, 0.15) is 0 Å². The van der Waals surface area contributed by atoms with Crippen LogP contribution >= 0.6 is 0 Å². The van der Waals surface area contributed by atoms with Crippen molar-refractivity contribution in [3.8, 4) is 5.75 Å². The van der Waals surface area contributed by atoms with Crippen LogP contribution in [0.5, 0.6) is 5.75 Å². The number of aromatic hydroxyl groups is 1. The molecule has 0 saturated carbocycles. The fourth-order valence-corrected chi connectivity index (χ4v) is 0.689. The van der Waals surface area contributed by atoms with E-state index in [1.807, 2.05) is 0 Å². The standard InChI is InChI=1S/C7H8N2O2/c8-4-1-2-6(10)7(11)5(9)3-4/h1-3H,8H2,(H3,9,10,11). The van der Waals surface area contributed by atoms with Crippen LogP contribution in [-0.4, -0.2) is 5.11 Å². The maximum atomic E-state index is 10.8. The number of anilines is 2. The van der Waals surface area contributed by atoms with Gasteiger partial charge in [0.15, 0.2) is 5.75 Å². The first-order valence-corrected chi connectivity index (χ1v) is 2.99. The third-order valence-electron chi connectivity index (χ3n) is 1.26. The summed E-state index contributed by atoms with van der Waals surface area (Å²) in [6.07, 6.45) is 0. The lowest BCUT2D eigenvalue weighted by Gasteiger charge is -1.88. The molecule has 0 aliphatic heterocycles. The van der Waals surface area contributed by atoms with Gasteiger partial charge < -0.3 is 16.6 Å². The Hall–Kier alpha value is -1.71. The van der Waals surface area contributed by atoms with Crippen molar-refractivity contribution in [2.24, 2.45) is 0 Å². The molecular formula is C7H8N2O2. The van der Waals surface area contributed by atoms with E-state index < -0.39 is 11.2 Å². The Balaban J connectivity index is 3.56. The highest BCUT2D eigenvalue weighted by molar-refractivity contribution is 5.57. The third kappa shape index (κ3) is 1.40. The molecule has 1 aromatic carbocycles. The Labute approximate surface area is 63.1 Å². The van der Waals surface area contributed by atoms with Gasteiger partial charge in [-0.25, -0.2) is 0 Å². The fraction of sp³-hybridized carbons (Fsp3) is 0. The zero-order chi connectivity index (χ0) is 8.43. The SMILES string of the molecule is Nc1ccc(=O)c(O)c(N)c1. The lowest BCUT2D eigenvalue weighted by atomic mass is 10.4. The number of hydrogen-bond donors (Lipinski definition) is 3. The van der Waals surface area contributed by atoms with Gasteiger partial charge in [0.05, 0.1) is 5.69 Å². The van der Waals surface area contributed by atoms with Crippen molar-refractivity contribution in [3.05, 3.63) is 28.4 Å². The van der Waals surface area contributed by atoms with Crippen LogP contribution in [0.4, 0.5) is 11.4 Å². The number of hydrogen-bond acceptors (Lipinski definition) is 4. The van der Waals surface area contributed by atoms with E-state index in [9.17, 15) is 4.79 Å². The maximum Gasteiger partial charge on any atom is 0.222 e. The summed E-state index contributed by atoms with van der Waals surface area (Å²) in [6.45, 7) is 0. The van der Waals surface area contributed by atoms with E-state index in [-0.39, 0.29) is 5.69 Å². The predicted molar refractivity (Wildman–Crippen MR) is 43.2 cm³/mol. The molecule has 0 atom stereocenters. The van der Waals surface area contributed by atoms with Crippen molar-refractivity contribution in [2.75, 3.05) is 11.5 Å². The summed E-state index contributed by atoms with van der Waals surface area (Å²) in [6, 6.07) is 3.89. The second kappa shape index (κ2) is 2.49. The van der Waals surface area contributed by atoms with Crippen molar-refractivity contribution in [2.45, 2.75) is 0 Å². The minimum absolute atomic E-state index is 0.00231. The molecule has 0 aliphatic rings. The van der Waals surface area contributed by atoms with Crippen LogP contribution in [-0.2, 0) is 0 Å². The smallest absolute Gasteiger partial charge is 0.222 e. The maximum absolute atomic E-state index is 10.8. The summed E-state index contributed by atoms with van der Waals surface area (Å²) in [5.74, 6) is -0.457. The minimum atomic E-state index is -0.529. The zero-order valence-electron chi connectivity index (χ0n) is 5.74. The monoisotopic (exact) mass is 152 g/mol. The molecule has 0 bridgehead atoms. The van der Waals surface area contributed by atoms with Gasteiger partial charge in [-0.15, -0.1) is 0 Å². The van der Waals surface area contributed by atoms with Crippen molar-refractivity contribution in [1.29, 1.82) is 0 Å². The summed E-state index contributed by atoms with van der Waals surface area (Å²) in [4.78, 5) is 10.8. The van der Waals surface area contributed by atoms with E-state index >= 15 is 0 Å². The van der Waals surface area contributed by atoms with Gasteiger partial charge in [-0.1, -0.05) is 0 Å². The molecule has 0 amide bonds. The number of nitrogens with two attached hydrogens (primary N) is 2. The highest BCUT2D eigenvalue weighted by atomic mass is 16.3. The summed E-state index contributed by atoms with van der Waals surface area (Å²) >= 11 is 0. The minimum Gasteiger partial charge on any atom is -0.503 e. The van der Waals surface area contributed by atoms with Crippen LogP contribution in [0.25, 0.3) is 0 Å². The van der Waals surface area contributed by atoms with Crippen LogP contribution in [0.3, 0.4) is 0 Å². The molecule has 11 heavy (non-hydrogen) atoms. The van der Waals surface area contributed by atoms with Crippen LogP contribution < -0.4 is 16.9 Å². The molecule has 0 radical (unpaired) electrons. The van der Waals surface area contributed by atoms with Crippen molar-refractivity contribution in [3.63, 3.8) is 0 Å². The molecule has 4 heteroatoms. The molecule has 5 N–H and O–H groups in total. The fourth-order valence-electron chi connectivity index (χ4n) is 0.689. The molecular weight excluding hydrogens is 144 g/mol. The van der Waals surface area contributed by atoms with Gasteiger partial charge in [-0.05, 0) is 18.2 Å². The number of rotatable bonds is 0. The molecule has 0 unspecified atom stereocenters. The highest BCUT2D eigenvalue weighted by Crippen LogP contribution is 2.14. The highest BCUT2D eigenvalue weighted by Gasteiger charge is 1.98. The molecule has 0 saturated heterocycles. The Morgan fingerprint density at radius 3 is 2.55 bits per heavy atom. The molecule has 0 spiro atoms. The summed E-state index contributed by atoms with van der Waals surface area (Å²) in [5, 5.41) is 9.00. The summed E-state index contributed by atoms with van der Waals surface area (Å²) in [5.41, 5.74) is 10.4. The molecule has 0 aromatic heterocycles.